The molecule has 5 N–H and O–H groups in total. The molecule has 0 aliphatic heterocycles. The molecule has 6 heteroatoms. The Bertz CT molecular complexity index is 453. The number of carboxylic acid groups (broad SMARTS) is 2. The van der Waals surface area contributed by atoms with Gasteiger partial charge in [-0.15, -0.1) is 0 Å². The second-order valence-electron chi connectivity index (χ2n) is 3.54. The van der Waals surface area contributed by atoms with Crippen molar-refractivity contribution in [1.29, 1.82) is 0 Å². The number of phenols is 1. The zero-order chi connectivity index (χ0) is 12.5. The van der Waals surface area contributed by atoms with Crippen molar-refractivity contribution in [3.8, 4) is 5.75 Å². The van der Waals surface area contributed by atoms with Gasteiger partial charge in [-0.3, -0.25) is 0 Å². The van der Waals surface area contributed by atoms with E-state index in [1.54, 1.807) is 0 Å². The third-order valence-electron chi connectivity index (χ3n) is 2.27. The van der Waals surface area contributed by atoms with Gasteiger partial charge in [0.25, 0.3) is 0 Å². The molecule has 0 saturated heterocycles. The summed E-state index contributed by atoms with van der Waals surface area (Å²) in [7, 11) is 0. The molecule has 0 amide bonds. The molecule has 1 aromatic rings. The smallest absolute Gasteiger partial charge is 0.339 e. The number of rotatable bonds is 3. The van der Waals surface area contributed by atoms with E-state index in [4.69, 9.17) is 15.9 Å². The zero-order valence-corrected chi connectivity index (χ0v) is 8.47. The summed E-state index contributed by atoms with van der Waals surface area (Å²) < 4.78 is 0. The predicted octanol–water partition coefficient (Wildman–Crippen LogP) is 0.349. The van der Waals surface area contributed by atoms with Gasteiger partial charge >= 0.3 is 11.9 Å². The molecule has 6 nitrogen and oxygen atoms in total. The number of aromatic hydroxyl groups is 1. The van der Waals surface area contributed by atoms with Gasteiger partial charge in [-0.05, 0) is 24.6 Å². The summed E-state index contributed by atoms with van der Waals surface area (Å²) in [4.78, 5) is 21.6. The van der Waals surface area contributed by atoms with E-state index in [0.717, 1.165) is 12.1 Å². The molecule has 0 bridgehead atoms. The maximum atomic E-state index is 10.9. The average Bonchev–Trinajstić information content (AvgIpc) is 2.17. The molecule has 0 aliphatic rings. The zero-order valence-electron chi connectivity index (χ0n) is 8.47. The van der Waals surface area contributed by atoms with Gasteiger partial charge in [-0.2, -0.15) is 0 Å². The summed E-state index contributed by atoms with van der Waals surface area (Å²) in [5.41, 5.74) is 3.56. The van der Waals surface area contributed by atoms with E-state index in [-0.39, 0.29) is 11.1 Å². The second kappa shape index (κ2) is 3.82. The number of nitrogens with two attached hydrogens (primary N) is 1. The lowest BCUT2D eigenvalue weighted by Crippen LogP contribution is -2.41. The molecule has 0 aromatic heterocycles. The molecule has 0 fully saturated rings. The second-order valence-corrected chi connectivity index (χ2v) is 3.54. The topological polar surface area (TPSA) is 121 Å². The fourth-order valence-electron chi connectivity index (χ4n) is 1.15. The number of hydrogen-bond acceptors (Lipinski definition) is 4. The van der Waals surface area contributed by atoms with Crippen LogP contribution < -0.4 is 5.73 Å². The third kappa shape index (κ3) is 1.96. The lowest BCUT2D eigenvalue weighted by atomic mass is 9.92. The normalized spacial score (nSPS) is 14.1. The molecular weight excluding hydrogens is 214 g/mol. The molecule has 1 unspecified atom stereocenters. The SMILES string of the molecule is CC(N)(C(=O)O)c1ccc(O)c(C(=O)O)c1. The lowest BCUT2D eigenvalue weighted by molar-refractivity contribution is -0.143. The Hall–Kier alpha value is -2.08. The van der Waals surface area contributed by atoms with Crippen LogP contribution >= 0.6 is 0 Å². The highest BCUT2D eigenvalue weighted by molar-refractivity contribution is 5.91. The van der Waals surface area contributed by atoms with Crippen molar-refractivity contribution in [3.05, 3.63) is 29.3 Å². The van der Waals surface area contributed by atoms with Crippen LogP contribution in [-0.2, 0) is 10.3 Å². The van der Waals surface area contributed by atoms with Crippen LogP contribution in [0.3, 0.4) is 0 Å². The van der Waals surface area contributed by atoms with Gasteiger partial charge in [0, 0.05) is 0 Å². The molecule has 1 aromatic carbocycles. The van der Waals surface area contributed by atoms with Gasteiger partial charge in [0.15, 0.2) is 0 Å². The van der Waals surface area contributed by atoms with Crippen LogP contribution in [-0.4, -0.2) is 27.3 Å². The van der Waals surface area contributed by atoms with Crippen molar-refractivity contribution < 1.29 is 24.9 Å². The van der Waals surface area contributed by atoms with Crippen LogP contribution in [0, 0.1) is 0 Å². The van der Waals surface area contributed by atoms with Crippen LogP contribution in [0.4, 0.5) is 0 Å². The van der Waals surface area contributed by atoms with E-state index in [0.29, 0.717) is 0 Å². The molecule has 0 heterocycles. The lowest BCUT2D eigenvalue weighted by Gasteiger charge is -2.20. The van der Waals surface area contributed by atoms with E-state index < -0.39 is 23.2 Å². The van der Waals surface area contributed by atoms with E-state index >= 15 is 0 Å². The van der Waals surface area contributed by atoms with Crippen LogP contribution in [0.5, 0.6) is 5.75 Å². The molecule has 1 rings (SSSR count). The number of aromatic carboxylic acids is 1. The predicted molar refractivity (Wildman–Crippen MR) is 54.2 cm³/mol. The van der Waals surface area contributed by atoms with Gasteiger partial charge in [0.05, 0.1) is 0 Å². The minimum absolute atomic E-state index is 0.107. The van der Waals surface area contributed by atoms with Crippen molar-refractivity contribution in [2.75, 3.05) is 0 Å². The Kier molecular flexibility index (Phi) is 2.86. The maximum Gasteiger partial charge on any atom is 0.339 e. The Labute approximate surface area is 90.9 Å². The molecule has 16 heavy (non-hydrogen) atoms. The number of benzene rings is 1. The summed E-state index contributed by atoms with van der Waals surface area (Å²) in [5.74, 6) is -3.06. The summed E-state index contributed by atoms with van der Waals surface area (Å²) in [5, 5.41) is 26.8. The van der Waals surface area contributed by atoms with Crippen molar-refractivity contribution >= 4 is 11.9 Å². The van der Waals surface area contributed by atoms with E-state index in [2.05, 4.69) is 0 Å². The highest BCUT2D eigenvalue weighted by Gasteiger charge is 2.31. The quantitative estimate of drug-likeness (QED) is 0.589. The first-order valence-corrected chi connectivity index (χ1v) is 4.36. The van der Waals surface area contributed by atoms with Crippen LogP contribution in [0.25, 0.3) is 0 Å². The molecule has 0 radical (unpaired) electrons. The monoisotopic (exact) mass is 225 g/mol. The summed E-state index contributed by atoms with van der Waals surface area (Å²) in [6, 6.07) is 3.43. The Morgan fingerprint density at radius 2 is 1.88 bits per heavy atom. The van der Waals surface area contributed by atoms with Gasteiger partial charge in [-0.25, -0.2) is 9.59 Å². The Morgan fingerprint density at radius 1 is 1.31 bits per heavy atom. The van der Waals surface area contributed by atoms with E-state index in [1.807, 2.05) is 0 Å². The first-order valence-electron chi connectivity index (χ1n) is 4.36. The number of hydrogen-bond donors (Lipinski definition) is 4. The number of aliphatic carboxylic acids is 1. The van der Waals surface area contributed by atoms with Crippen molar-refractivity contribution in [1.82, 2.24) is 0 Å². The van der Waals surface area contributed by atoms with E-state index in [1.165, 1.54) is 13.0 Å². The maximum absolute atomic E-state index is 10.9. The minimum Gasteiger partial charge on any atom is -0.507 e. The van der Waals surface area contributed by atoms with Crippen molar-refractivity contribution in [3.63, 3.8) is 0 Å². The van der Waals surface area contributed by atoms with Crippen LogP contribution in [0.2, 0.25) is 0 Å². The standard InChI is InChI=1S/C10H11NO5/c1-10(11,9(15)16)5-2-3-7(12)6(4-5)8(13)14/h2-4,12H,11H2,1H3,(H,13,14)(H,15,16). The first-order chi connectivity index (χ1) is 7.26. The number of carboxylic acids is 2. The fraction of sp³-hybridized carbons (Fsp3) is 0.200. The molecule has 0 aliphatic carbocycles. The third-order valence-corrected chi connectivity index (χ3v) is 2.27. The molecule has 86 valence electrons. The highest BCUT2D eigenvalue weighted by atomic mass is 16.4. The van der Waals surface area contributed by atoms with Crippen molar-refractivity contribution in [2.24, 2.45) is 5.73 Å². The molecule has 0 spiro atoms. The first kappa shape index (κ1) is 12.0. The summed E-state index contributed by atoms with van der Waals surface area (Å²) in [6.07, 6.45) is 0. The van der Waals surface area contributed by atoms with Gasteiger partial charge in [-0.1, -0.05) is 6.07 Å². The molecule has 1 atom stereocenters. The summed E-state index contributed by atoms with van der Waals surface area (Å²) in [6.45, 7) is 1.24. The van der Waals surface area contributed by atoms with Gasteiger partial charge in [0.2, 0.25) is 0 Å². The van der Waals surface area contributed by atoms with Gasteiger partial charge < -0.3 is 21.1 Å². The van der Waals surface area contributed by atoms with Gasteiger partial charge in [0.1, 0.15) is 16.9 Å². The van der Waals surface area contributed by atoms with Crippen LogP contribution in [0.15, 0.2) is 18.2 Å². The Balaban J connectivity index is 3.33. The number of carbonyl (C=O) groups is 2. The van der Waals surface area contributed by atoms with E-state index in [9.17, 15) is 14.7 Å². The molecular formula is C10H11NO5. The summed E-state index contributed by atoms with van der Waals surface area (Å²) >= 11 is 0. The van der Waals surface area contributed by atoms with Crippen LogP contribution in [0.1, 0.15) is 22.8 Å². The highest BCUT2D eigenvalue weighted by Crippen LogP contribution is 2.24. The largest absolute Gasteiger partial charge is 0.507 e. The Morgan fingerprint density at radius 3 is 2.31 bits per heavy atom. The van der Waals surface area contributed by atoms with Crippen molar-refractivity contribution in [2.45, 2.75) is 12.5 Å². The fourth-order valence-corrected chi connectivity index (χ4v) is 1.15. The molecule has 0 saturated carbocycles. The average molecular weight is 225 g/mol. The minimum atomic E-state index is -1.70.